The molecule has 0 unspecified atom stereocenters. The fraction of sp³-hybridized carbons (Fsp3) is 0.238. The van der Waals surface area contributed by atoms with E-state index >= 15 is 0 Å². The lowest BCUT2D eigenvalue weighted by Crippen LogP contribution is -2.50. The molecule has 2 heterocycles. The minimum atomic E-state index is -0.147. The second kappa shape index (κ2) is 7.08. The van der Waals surface area contributed by atoms with E-state index in [-0.39, 0.29) is 11.8 Å². The van der Waals surface area contributed by atoms with Gasteiger partial charge in [-0.05, 0) is 37.3 Å². The Morgan fingerprint density at radius 1 is 0.926 bits per heavy atom. The fourth-order valence-electron chi connectivity index (χ4n) is 3.42. The van der Waals surface area contributed by atoms with Gasteiger partial charge in [0.05, 0.1) is 0 Å². The van der Waals surface area contributed by atoms with E-state index in [4.69, 9.17) is 16.0 Å². The van der Waals surface area contributed by atoms with Crippen molar-refractivity contribution in [3.8, 4) is 0 Å². The summed E-state index contributed by atoms with van der Waals surface area (Å²) in [7, 11) is 0. The maximum absolute atomic E-state index is 12.9. The van der Waals surface area contributed by atoms with Crippen LogP contribution in [0.5, 0.6) is 0 Å². The molecular formula is C21H19ClN2O3. The molecule has 1 saturated heterocycles. The molecule has 6 heteroatoms. The number of amides is 2. The van der Waals surface area contributed by atoms with Gasteiger partial charge in [0, 0.05) is 47.7 Å². The van der Waals surface area contributed by atoms with E-state index in [1.807, 2.05) is 43.3 Å². The van der Waals surface area contributed by atoms with Gasteiger partial charge < -0.3 is 14.2 Å². The lowest BCUT2D eigenvalue weighted by molar-refractivity contribution is 0.0519. The molecule has 5 nitrogen and oxygen atoms in total. The SMILES string of the molecule is Cc1c(C(=O)N2CCN(C(=O)c3ccccc3)CC2)oc2ccc(Cl)cc12. The number of carbonyl (C=O) groups is 2. The van der Waals surface area contributed by atoms with Crippen LogP contribution in [-0.4, -0.2) is 47.8 Å². The average molecular weight is 383 g/mol. The van der Waals surface area contributed by atoms with Crippen LogP contribution in [0.4, 0.5) is 0 Å². The van der Waals surface area contributed by atoms with Gasteiger partial charge in [-0.3, -0.25) is 9.59 Å². The first-order chi connectivity index (χ1) is 13.0. The largest absolute Gasteiger partial charge is 0.451 e. The number of piperazine rings is 1. The lowest BCUT2D eigenvalue weighted by Gasteiger charge is -2.34. The Morgan fingerprint density at radius 2 is 1.56 bits per heavy atom. The first-order valence-corrected chi connectivity index (χ1v) is 9.24. The molecule has 0 spiro atoms. The maximum atomic E-state index is 12.9. The van der Waals surface area contributed by atoms with E-state index in [0.717, 1.165) is 10.9 Å². The Hall–Kier alpha value is -2.79. The highest BCUT2D eigenvalue weighted by Crippen LogP contribution is 2.29. The van der Waals surface area contributed by atoms with Crippen LogP contribution in [0.3, 0.4) is 0 Å². The molecule has 0 saturated carbocycles. The molecule has 2 amide bonds. The highest BCUT2D eigenvalue weighted by Gasteiger charge is 2.28. The van der Waals surface area contributed by atoms with Crippen LogP contribution in [-0.2, 0) is 0 Å². The van der Waals surface area contributed by atoms with Gasteiger partial charge in [0.15, 0.2) is 5.76 Å². The molecule has 3 aromatic rings. The number of hydrogen-bond donors (Lipinski definition) is 0. The van der Waals surface area contributed by atoms with Crippen molar-refractivity contribution < 1.29 is 14.0 Å². The first kappa shape index (κ1) is 17.6. The van der Waals surface area contributed by atoms with Gasteiger partial charge in [0.2, 0.25) is 0 Å². The summed E-state index contributed by atoms with van der Waals surface area (Å²) in [6.45, 7) is 3.84. The average Bonchev–Trinajstić information content (AvgIpc) is 3.04. The number of benzene rings is 2. The minimum Gasteiger partial charge on any atom is -0.451 e. The van der Waals surface area contributed by atoms with Crippen molar-refractivity contribution in [2.24, 2.45) is 0 Å². The summed E-state index contributed by atoms with van der Waals surface area (Å²) in [5.41, 5.74) is 2.11. The molecule has 2 aromatic carbocycles. The van der Waals surface area contributed by atoms with E-state index in [2.05, 4.69) is 0 Å². The van der Waals surface area contributed by atoms with Crippen molar-refractivity contribution in [3.63, 3.8) is 0 Å². The number of aryl methyl sites for hydroxylation is 1. The second-order valence-corrected chi connectivity index (χ2v) is 7.08. The molecule has 1 aliphatic rings. The van der Waals surface area contributed by atoms with Crippen LogP contribution < -0.4 is 0 Å². The molecule has 0 bridgehead atoms. The second-order valence-electron chi connectivity index (χ2n) is 6.65. The third kappa shape index (κ3) is 3.30. The summed E-state index contributed by atoms with van der Waals surface area (Å²) in [4.78, 5) is 29.0. The molecule has 1 aliphatic heterocycles. The third-order valence-corrected chi connectivity index (χ3v) is 5.20. The number of carbonyl (C=O) groups excluding carboxylic acids is 2. The van der Waals surface area contributed by atoms with Crippen LogP contribution in [0.1, 0.15) is 26.5 Å². The Balaban J connectivity index is 1.48. The molecule has 0 aliphatic carbocycles. The van der Waals surface area contributed by atoms with Gasteiger partial charge in [-0.1, -0.05) is 29.8 Å². The number of rotatable bonds is 2. The maximum Gasteiger partial charge on any atom is 0.290 e. The number of nitrogens with zero attached hydrogens (tertiary/aromatic N) is 2. The van der Waals surface area contributed by atoms with Gasteiger partial charge in [-0.2, -0.15) is 0 Å². The van der Waals surface area contributed by atoms with Crippen molar-refractivity contribution in [1.29, 1.82) is 0 Å². The number of halogens is 1. The van der Waals surface area contributed by atoms with Gasteiger partial charge in [-0.25, -0.2) is 0 Å². The third-order valence-electron chi connectivity index (χ3n) is 4.97. The summed E-state index contributed by atoms with van der Waals surface area (Å²) in [6.07, 6.45) is 0. The zero-order valence-electron chi connectivity index (χ0n) is 14.9. The summed E-state index contributed by atoms with van der Waals surface area (Å²) >= 11 is 6.05. The highest BCUT2D eigenvalue weighted by atomic mass is 35.5. The summed E-state index contributed by atoms with van der Waals surface area (Å²) in [5.74, 6) is 0.194. The predicted octanol–water partition coefficient (Wildman–Crippen LogP) is 3.99. The van der Waals surface area contributed by atoms with Crippen LogP contribution in [0.15, 0.2) is 52.9 Å². The van der Waals surface area contributed by atoms with Crippen molar-refractivity contribution in [2.75, 3.05) is 26.2 Å². The monoisotopic (exact) mass is 382 g/mol. The van der Waals surface area contributed by atoms with Gasteiger partial charge in [-0.15, -0.1) is 0 Å². The fourth-order valence-corrected chi connectivity index (χ4v) is 3.59. The van der Waals surface area contributed by atoms with E-state index in [9.17, 15) is 9.59 Å². The molecule has 4 rings (SSSR count). The zero-order chi connectivity index (χ0) is 19.0. The molecule has 0 N–H and O–H groups in total. The van der Waals surface area contributed by atoms with Crippen LogP contribution in [0.2, 0.25) is 5.02 Å². The van der Waals surface area contributed by atoms with E-state index in [1.54, 1.807) is 21.9 Å². The van der Waals surface area contributed by atoms with E-state index in [0.29, 0.717) is 48.1 Å². The topological polar surface area (TPSA) is 53.8 Å². The van der Waals surface area contributed by atoms with Crippen molar-refractivity contribution in [1.82, 2.24) is 9.80 Å². The number of furan rings is 1. The number of fused-ring (bicyclic) bond motifs is 1. The van der Waals surface area contributed by atoms with Gasteiger partial charge in [0.1, 0.15) is 5.58 Å². The van der Waals surface area contributed by atoms with Crippen molar-refractivity contribution in [2.45, 2.75) is 6.92 Å². The zero-order valence-corrected chi connectivity index (χ0v) is 15.7. The molecule has 1 fully saturated rings. The minimum absolute atomic E-state index is 0.00254. The van der Waals surface area contributed by atoms with Crippen molar-refractivity contribution >= 4 is 34.4 Å². The van der Waals surface area contributed by atoms with E-state index < -0.39 is 0 Å². The van der Waals surface area contributed by atoms with Gasteiger partial charge in [0.25, 0.3) is 11.8 Å². The summed E-state index contributed by atoms with van der Waals surface area (Å²) < 4.78 is 5.78. The lowest BCUT2D eigenvalue weighted by atomic mass is 10.1. The molecule has 27 heavy (non-hydrogen) atoms. The first-order valence-electron chi connectivity index (χ1n) is 8.87. The Labute approximate surface area is 162 Å². The van der Waals surface area contributed by atoms with Crippen LogP contribution >= 0.6 is 11.6 Å². The van der Waals surface area contributed by atoms with Crippen molar-refractivity contribution in [3.05, 3.63) is 70.4 Å². The normalized spacial score (nSPS) is 14.6. The highest BCUT2D eigenvalue weighted by molar-refractivity contribution is 6.31. The standard InChI is InChI=1S/C21H19ClN2O3/c1-14-17-13-16(22)7-8-18(17)27-19(14)21(26)24-11-9-23(10-12-24)20(25)15-5-3-2-4-6-15/h2-8,13H,9-12H2,1H3. The molecule has 0 atom stereocenters. The molecule has 0 radical (unpaired) electrons. The van der Waals surface area contributed by atoms with Crippen LogP contribution in [0, 0.1) is 6.92 Å². The Kier molecular flexibility index (Phi) is 4.62. The Morgan fingerprint density at radius 3 is 2.22 bits per heavy atom. The van der Waals surface area contributed by atoms with Gasteiger partial charge >= 0.3 is 0 Å². The quantitative estimate of drug-likeness (QED) is 0.673. The Bertz CT molecular complexity index is 1000. The summed E-state index contributed by atoms with van der Waals surface area (Å²) in [6, 6.07) is 14.5. The molecule has 1 aromatic heterocycles. The summed E-state index contributed by atoms with van der Waals surface area (Å²) in [5, 5.41) is 1.46. The smallest absolute Gasteiger partial charge is 0.290 e. The van der Waals surface area contributed by atoms with E-state index in [1.165, 1.54) is 0 Å². The predicted molar refractivity (Wildman–Crippen MR) is 104 cm³/mol. The van der Waals surface area contributed by atoms with Crippen LogP contribution in [0.25, 0.3) is 11.0 Å². The molecule has 138 valence electrons. The number of hydrogen-bond acceptors (Lipinski definition) is 3. The molecular weight excluding hydrogens is 364 g/mol.